The van der Waals surface area contributed by atoms with E-state index in [0.29, 0.717) is 0 Å². The average Bonchev–Trinajstić information content (AvgIpc) is 3.02. The molecule has 0 aliphatic rings. The van der Waals surface area contributed by atoms with Crippen LogP contribution in [-0.2, 0) is 0 Å². The van der Waals surface area contributed by atoms with Crippen LogP contribution in [0.25, 0.3) is 0 Å². The topological polar surface area (TPSA) is 0 Å². The zero-order chi connectivity index (χ0) is 32.3. The fourth-order valence-corrected chi connectivity index (χ4v) is 17.1. The van der Waals surface area contributed by atoms with Gasteiger partial charge < -0.3 is 0 Å². The molecule has 268 valence electrons. The third kappa shape index (κ3) is 29.3. The summed E-state index contributed by atoms with van der Waals surface area (Å²) in [6, 6.07) is 0. The molecule has 0 bridgehead atoms. The Hall–Kier alpha value is 1.16. The second kappa shape index (κ2) is 34.0. The average molecular weight is 751 g/mol. The van der Waals surface area contributed by atoms with Crippen LogP contribution >= 0.6 is 26.3 Å². The molecule has 0 N–H and O–H groups in total. The van der Waals surface area contributed by atoms with Gasteiger partial charge in [0, 0.05) is 0 Å². The first-order valence-electron chi connectivity index (χ1n) is 21.3. The standard InChI is InChI=1S/C42H88IP/c1-5-9-13-15-17-19-21-23-25-27-29-31-33-37-41-44(43,39-35-11-7-3,40-36-12-8-4)42-38-34-32-30-28-26-24-22-20-18-16-14-10-6-2/h5-42H2,1-4H3. The van der Waals surface area contributed by atoms with Crippen molar-refractivity contribution in [3.63, 3.8) is 0 Å². The van der Waals surface area contributed by atoms with E-state index < -0.39 is 4.25 Å². The van der Waals surface area contributed by atoms with Crippen LogP contribution in [0.3, 0.4) is 0 Å². The first-order chi connectivity index (χ1) is 21.5. The molecule has 2 heteroatoms. The second-order valence-electron chi connectivity index (χ2n) is 15.3. The van der Waals surface area contributed by atoms with E-state index >= 15 is 0 Å². The molecule has 0 heterocycles. The minimum absolute atomic E-state index is 1.37. The Balaban J connectivity index is 4.34. The molecule has 0 fully saturated rings. The van der Waals surface area contributed by atoms with Gasteiger partial charge in [-0.3, -0.25) is 0 Å². The fraction of sp³-hybridized carbons (Fsp3) is 1.00. The van der Waals surface area contributed by atoms with Crippen molar-refractivity contribution >= 4 is 26.3 Å². The van der Waals surface area contributed by atoms with E-state index in [1.807, 2.05) is 0 Å². The van der Waals surface area contributed by atoms with E-state index in [1.165, 1.54) is 218 Å². The van der Waals surface area contributed by atoms with Crippen molar-refractivity contribution in [1.82, 2.24) is 0 Å². The van der Waals surface area contributed by atoms with Crippen LogP contribution in [0.15, 0.2) is 0 Å². The summed E-state index contributed by atoms with van der Waals surface area (Å²) in [5.41, 5.74) is 0. The zero-order valence-electron chi connectivity index (χ0n) is 31.7. The van der Waals surface area contributed by atoms with Gasteiger partial charge in [0.05, 0.1) is 0 Å². The van der Waals surface area contributed by atoms with Gasteiger partial charge in [0.25, 0.3) is 0 Å². The molecule has 0 atom stereocenters. The molecule has 0 aromatic carbocycles. The summed E-state index contributed by atoms with van der Waals surface area (Å²) in [7, 11) is 0. The van der Waals surface area contributed by atoms with Gasteiger partial charge in [0.15, 0.2) is 0 Å². The van der Waals surface area contributed by atoms with Crippen molar-refractivity contribution < 1.29 is 0 Å². The number of unbranched alkanes of at least 4 members (excludes halogenated alkanes) is 30. The molecular weight excluding hydrogens is 662 g/mol. The SMILES string of the molecule is CCCCCCCCCCCCCCCCP(I)(CCCCC)(CCCCC)CCCCCCCCCCCCCCCC. The molecule has 0 rings (SSSR count). The number of rotatable bonds is 38. The Morgan fingerprint density at radius 3 is 0.568 bits per heavy atom. The van der Waals surface area contributed by atoms with Crippen LogP contribution in [0.2, 0.25) is 0 Å². The van der Waals surface area contributed by atoms with E-state index in [9.17, 15) is 0 Å². The zero-order valence-corrected chi connectivity index (χ0v) is 34.7. The molecule has 0 amide bonds. The van der Waals surface area contributed by atoms with Crippen molar-refractivity contribution in [2.75, 3.05) is 24.6 Å². The van der Waals surface area contributed by atoms with E-state index in [-0.39, 0.29) is 0 Å². The van der Waals surface area contributed by atoms with E-state index in [2.05, 4.69) is 49.7 Å². The van der Waals surface area contributed by atoms with Gasteiger partial charge in [-0.25, -0.2) is 0 Å². The summed E-state index contributed by atoms with van der Waals surface area (Å²) in [5, 5.41) is 0. The molecule has 0 radical (unpaired) electrons. The van der Waals surface area contributed by atoms with Crippen molar-refractivity contribution in [3.05, 3.63) is 0 Å². The number of hydrogen-bond acceptors (Lipinski definition) is 0. The fourth-order valence-electron chi connectivity index (χ4n) is 7.59. The first-order valence-corrected chi connectivity index (χ1v) is 27.0. The predicted octanol–water partition coefficient (Wildman–Crippen LogP) is 17.2. The van der Waals surface area contributed by atoms with Gasteiger partial charge in [-0.15, -0.1) is 0 Å². The molecule has 0 unspecified atom stereocenters. The molecular formula is C42H88IP. The summed E-state index contributed by atoms with van der Waals surface area (Å²) in [4.78, 5) is 0. The van der Waals surface area contributed by atoms with E-state index in [0.717, 1.165) is 0 Å². The summed E-state index contributed by atoms with van der Waals surface area (Å²) >= 11 is 3.21. The molecule has 0 aromatic rings. The Kier molecular flexibility index (Phi) is 34.9. The number of hydrogen-bond donors (Lipinski definition) is 0. The Bertz CT molecular complexity index is 500. The third-order valence-electron chi connectivity index (χ3n) is 10.8. The predicted molar refractivity (Wildman–Crippen MR) is 220 cm³/mol. The molecule has 0 saturated heterocycles. The monoisotopic (exact) mass is 751 g/mol. The Labute approximate surface area is 295 Å². The van der Waals surface area contributed by atoms with Gasteiger partial charge in [-0.2, -0.15) is 0 Å². The van der Waals surface area contributed by atoms with Gasteiger partial charge in [0.2, 0.25) is 0 Å². The minimum atomic E-state index is -1.60. The smallest absolute Gasteiger partial charge is 0.0654 e. The quantitative estimate of drug-likeness (QED) is 0.0335. The third-order valence-corrected chi connectivity index (χ3v) is 22.3. The molecule has 0 aromatic heterocycles. The van der Waals surface area contributed by atoms with Crippen LogP contribution in [0.1, 0.15) is 246 Å². The van der Waals surface area contributed by atoms with Crippen LogP contribution in [0, 0.1) is 0 Å². The summed E-state index contributed by atoms with van der Waals surface area (Å²) < 4.78 is -1.60. The van der Waals surface area contributed by atoms with Gasteiger partial charge >= 0.3 is 245 Å². The van der Waals surface area contributed by atoms with Crippen LogP contribution in [-0.4, -0.2) is 24.6 Å². The van der Waals surface area contributed by atoms with Gasteiger partial charge in [-0.1, -0.05) is 52.4 Å². The summed E-state index contributed by atoms with van der Waals surface area (Å²) in [6.07, 6.45) is 56.7. The maximum absolute atomic E-state index is 3.21. The van der Waals surface area contributed by atoms with Crippen molar-refractivity contribution in [1.29, 1.82) is 0 Å². The van der Waals surface area contributed by atoms with E-state index in [1.54, 1.807) is 24.6 Å². The van der Waals surface area contributed by atoms with Crippen molar-refractivity contribution in [2.45, 2.75) is 246 Å². The maximum atomic E-state index is 3.21. The molecule has 0 spiro atoms. The van der Waals surface area contributed by atoms with Crippen LogP contribution in [0.4, 0.5) is 0 Å². The van der Waals surface area contributed by atoms with E-state index in [4.69, 9.17) is 0 Å². The summed E-state index contributed by atoms with van der Waals surface area (Å²) in [5.74, 6) is 0. The van der Waals surface area contributed by atoms with Gasteiger partial charge in [-0.05, 0) is 0 Å². The van der Waals surface area contributed by atoms with Gasteiger partial charge in [0.1, 0.15) is 0 Å². The van der Waals surface area contributed by atoms with Crippen LogP contribution in [0.5, 0.6) is 0 Å². The first kappa shape index (κ1) is 45.2. The van der Waals surface area contributed by atoms with Crippen molar-refractivity contribution in [2.24, 2.45) is 0 Å². The molecule has 0 aliphatic heterocycles. The van der Waals surface area contributed by atoms with Crippen LogP contribution < -0.4 is 0 Å². The molecule has 0 aliphatic carbocycles. The molecule has 44 heavy (non-hydrogen) atoms. The van der Waals surface area contributed by atoms with Crippen molar-refractivity contribution in [3.8, 4) is 0 Å². The minimum Gasteiger partial charge on any atom is -0.0654 e. The number of halogens is 1. The molecule has 0 nitrogen and oxygen atoms in total. The normalized spacial score (nSPS) is 13.0. The summed E-state index contributed by atoms with van der Waals surface area (Å²) in [6.45, 7) is 9.45. The second-order valence-corrected chi connectivity index (χ2v) is 28.9. The Morgan fingerprint density at radius 1 is 0.227 bits per heavy atom. The Morgan fingerprint density at radius 2 is 0.364 bits per heavy atom. The molecule has 0 saturated carbocycles.